The van der Waals surface area contributed by atoms with Crippen LogP contribution < -0.4 is 15.4 Å². The van der Waals surface area contributed by atoms with Crippen LogP contribution in [0.4, 0.5) is 26.3 Å². The fourth-order valence-corrected chi connectivity index (χ4v) is 5.11. The van der Waals surface area contributed by atoms with Crippen molar-refractivity contribution in [3.8, 4) is 0 Å². The Morgan fingerprint density at radius 3 is 2.06 bits per heavy atom. The summed E-state index contributed by atoms with van der Waals surface area (Å²) in [6.07, 6.45) is -9.07. The van der Waals surface area contributed by atoms with Crippen molar-refractivity contribution in [1.82, 2.24) is 15.4 Å². The molecule has 192 valence electrons. The summed E-state index contributed by atoms with van der Waals surface area (Å²) in [6.45, 7) is 1.99. The van der Waals surface area contributed by atoms with Gasteiger partial charge in [0.2, 0.25) is 15.9 Å². The van der Waals surface area contributed by atoms with Crippen LogP contribution in [0, 0.1) is 0 Å². The zero-order valence-electron chi connectivity index (χ0n) is 18.4. The largest absolute Gasteiger partial charge is 0.416 e. The fraction of sp³-hybridized carbons (Fsp3) is 0.409. The van der Waals surface area contributed by atoms with Gasteiger partial charge >= 0.3 is 12.4 Å². The molecule has 0 saturated carbocycles. The number of halogens is 6. The maximum absolute atomic E-state index is 13.2. The zero-order chi connectivity index (χ0) is 26.0. The molecule has 1 aliphatic rings. The molecule has 3 rings (SSSR count). The number of carbonyl (C=O) groups excluding carboxylic acids is 1. The first-order valence-electron chi connectivity index (χ1n) is 10.6. The van der Waals surface area contributed by atoms with Crippen molar-refractivity contribution in [2.24, 2.45) is 0 Å². The summed E-state index contributed by atoms with van der Waals surface area (Å²) < 4.78 is 107. The molecule has 0 spiro atoms. The van der Waals surface area contributed by atoms with Crippen LogP contribution in [0.3, 0.4) is 0 Å². The third kappa shape index (κ3) is 6.73. The summed E-state index contributed by atoms with van der Waals surface area (Å²) in [7, 11) is -4.85. The van der Waals surface area contributed by atoms with Gasteiger partial charge in [0.25, 0.3) is 0 Å². The molecular formula is C22H23F6N3O3S. The lowest BCUT2D eigenvalue weighted by Crippen LogP contribution is -2.48. The Hall–Kier alpha value is -2.64. The van der Waals surface area contributed by atoms with Crippen LogP contribution in [0.25, 0.3) is 0 Å². The highest BCUT2D eigenvalue weighted by atomic mass is 32.2. The highest BCUT2D eigenvalue weighted by molar-refractivity contribution is 7.89. The van der Waals surface area contributed by atoms with Gasteiger partial charge < -0.3 is 10.6 Å². The highest BCUT2D eigenvalue weighted by Gasteiger charge is 2.39. The predicted molar refractivity (Wildman–Crippen MR) is 115 cm³/mol. The molecule has 0 bridgehead atoms. The van der Waals surface area contributed by atoms with Crippen molar-refractivity contribution in [1.29, 1.82) is 0 Å². The standard InChI is InChI=1S/C22H23F6N3O3S/c1-13(19(14-6-3-2-4-7-14)30-20(32)18-8-5-9-29-18)31-35(33,34)17-11-15(21(23,24)25)10-16(12-17)22(26,27)28/h2-4,6-7,10-13,18-19,29,31H,5,8-9H2,1H3,(H,30,32)/t13-,18+,19-/m1/s1. The van der Waals surface area contributed by atoms with Gasteiger partial charge in [0.05, 0.1) is 28.1 Å². The molecule has 1 saturated heterocycles. The summed E-state index contributed by atoms with van der Waals surface area (Å²) >= 11 is 0. The molecule has 2 aromatic carbocycles. The molecule has 0 aliphatic carbocycles. The molecule has 1 heterocycles. The van der Waals surface area contributed by atoms with E-state index >= 15 is 0 Å². The third-order valence-electron chi connectivity index (χ3n) is 5.55. The number of rotatable bonds is 7. The first-order valence-corrected chi connectivity index (χ1v) is 12.1. The third-order valence-corrected chi connectivity index (χ3v) is 7.08. The summed E-state index contributed by atoms with van der Waals surface area (Å²) in [6, 6.07) is 5.77. The van der Waals surface area contributed by atoms with Crippen molar-refractivity contribution < 1.29 is 39.6 Å². The second kappa shape index (κ2) is 10.2. The minimum absolute atomic E-state index is 0.142. The molecule has 6 nitrogen and oxygen atoms in total. The van der Waals surface area contributed by atoms with Gasteiger partial charge in [0.15, 0.2) is 0 Å². The van der Waals surface area contributed by atoms with Crippen LogP contribution in [0.15, 0.2) is 53.4 Å². The first-order chi connectivity index (χ1) is 16.2. The summed E-state index contributed by atoms with van der Waals surface area (Å²) in [4.78, 5) is 11.5. The molecule has 0 aromatic heterocycles. The van der Waals surface area contributed by atoms with E-state index in [4.69, 9.17) is 0 Å². The Kier molecular flexibility index (Phi) is 7.82. The van der Waals surface area contributed by atoms with E-state index in [1.165, 1.54) is 6.92 Å². The number of nitrogens with one attached hydrogen (secondary N) is 3. The normalized spacial score (nSPS) is 18.8. The van der Waals surface area contributed by atoms with Gasteiger partial charge in [-0.2, -0.15) is 26.3 Å². The van der Waals surface area contributed by atoms with E-state index in [9.17, 15) is 39.6 Å². The van der Waals surface area contributed by atoms with Gasteiger partial charge in [0.1, 0.15) is 0 Å². The summed E-state index contributed by atoms with van der Waals surface area (Å²) in [5, 5.41) is 5.74. The average molecular weight is 523 g/mol. The molecular weight excluding hydrogens is 500 g/mol. The van der Waals surface area contributed by atoms with E-state index in [1.54, 1.807) is 30.3 Å². The van der Waals surface area contributed by atoms with Crippen LogP contribution >= 0.6 is 0 Å². The minimum Gasteiger partial charge on any atom is -0.346 e. The number of hydrogen-bond donors (Lipinski definition) is 3. The SMILES string of the molecule is C[C@@H](NS(=O)(=O)c1cc(C(F)(F)F)cc(C(F)(F)F)c1)[C@@H](NC(=O)[C@@H]1CCCN1)c1ccccc1. The Balaban J connectivity index is 1.94. The topological polar surface area (TPSA) is 87.3 Å². The van der Waals surface area contributed by atoms with Gasteiger partial charge in [0, 0.05) is 6.04 Å². The molecule has 35 heavy (non-hydrogen) atoms. The van der Waals surface area contributed by atoms with Gasteiger partial charge in [-0.3, -0.25) is 4.79 Å². The van der Waals surface area contributed by atoms with Crippen molar-refractivity contribution in [3.63, 3.8) is 0 Å². The molecule has 13 heteroatoms. The molecule has 3 atom stereocenters. The quantitative estimate of drug-likeness (QED) is 0.479. The monoisotopic (exact) mass is 523 g/mol. The van der Waals surface area contributed by atoms with E-state index in [0.29, 0.717) is 18.5 Å². The lowest BCUT2D eigenvalue weighted by Gasteiger charge is -2.28. The van der Waals surface area contributed by atoms with Crippen molar-refractivity contribution in [2.75, 3.05) is 6.54 Å². The second-order valence-corrected chi connectivity index (χ2v) is 9.91. The first kappa shape index (κ1) is 27.0. The van der Waals surface area contributed by atoms with Crippen LogP contribution in [0.2, 0.25) is 0 Å². The van der Waals surface area contributed by atoms with Crippen LogP contribution in [0.5, 0.6) is 0 Å². The maximum Gasteiger partial charge on any atom is 0.416 e. The van der Waals surface area contributed by atoms with E-state index in [2.05, 4.69) is 15.4 Å². The number of amides is 1. The van der Waals surface area contributed by atoms with E-state index in [-0.39, 0.29) is 18.2 Å². The fourth-order valence-electron chi connectivity index (χ4n) is 3.78. The number of carbonyl (C=O) groups is 1. The molecule has 2 aromatic rings. The van der Waals surface area contributed by atoms with Crippen molar-refractivity contribution in [2.45, 2.75) is 55.1 Å². The van der Waals surface area contributed by atoms with Crippen molar-refractivity contribution >= 4 is 15.9 Å². The Morgan fingerprint density at radius 2 is 1.57 bits per heavy atom. The molecule has 1 fully saturated rings. The number of sulfonamides is 1. The Bertz CT molecular complexity index is 1120. The Morgan fingerprint density at radius 1 is 1.00 bits per heavy atom. The molecule has 1 aliphatic heterocycles. The number of hydrogen-bond acceptors (Lipinski definition) is 4. The van der Waals surface area contributed by atoms with Gasteiger partial charge in [-0.05, 0) is 50.1 Å². The van der Waals surface area contributed by atoms with E-state index in [1.807, 2.05) is 0 Å². The number of benzene rings is 2. The van der Waals surface area contributed by atoms with Crippen LogP contribution in [-0.4, -0.2) is 33.0 Å². The second-order valence-electron chi connectivity index (χ2n) is 8.20. The van der Waals surface area contributed by atoms with Gasteiger partial charge in [-0.1, -0.05) is 30.3 Å². The minimum atomic E-state index is -5.20. The van der Waals surface area contributed by atoms with E-state index in [0.717, 1.165) is 6.42 Å². The zero-order valence-corrected chi connectivity index (χ0v) is 19.2. The molecule has 0 radical (unpaired) electrons. The number of alkyl halides is 6. The molecule has 0 unspecified atom stereocenters. The molecule has 1 amide bonds. The van der Waals surface area contributed by atoms with Gasteiger partial charge in [-0.15, -0.1) is 0 Å². The predicted octanol–water partition coefficient (Wildman–Crippen LogP) is 4.00. The highest BCUT2D eigenvalue weighted by Crippen LogP contribution is 2.37. The van der Waals surface area contributed by atoms with Crippen molar-refractivity contribution in [3.05, 3.63) is 65.2 Å². The van der Waals surface area contributed by atoms with E-state index < -0.39 is 62.4 Å². The van der Waals surface area contributed by atoms with Crippen LogP contribution in [0.1, 0.15) is 42.5 Å². The lowest BCUT2D eigenvalue weighted by atomic mass is 10.0. The summed E-state index contributed by atoms with van der Waals surface area (Å²) in [5.74, 6) is -0.402. The summed E-state index contributed by atoms with van der Waals surface area (Å²) in [5.41, 5.74) is -3.00. The van der Waals surface area contributed by atoms with Gasteiger partial charge in [-0.25, -0.2) is 13.1 Å². The molecule has 3 N–H and O–H groups in total. The Labute approximate surface area is 198 Å². The lowest BCUT2D eigenvalue weighted by molar-refractivity contribution is -0.143. The average Bonchev–Trinajstić information content (AvgIpc) is 3.31. The maximum atomic E-state index is 13.2. The van der Waals surface area contributed by atoms with Crippen LogP contribution in [-0.2, 0) is 27.2 Å². The smallest absolute Gasteiger partial charge is 0.346 e.